The molecule has 0 radical (unpaired) electrons. The molecule has 2 aromatic rings. The van der Waals surface area contributed by atoms with E-state index in [1.165, 1.54) is 0 Å². The molecule has 1 aliphatic rings. The zero-order chi connectivity index (χ0) is 14.8. The summed E-state index contributed by atoms with van der Waals surface area (Å²) in [7, 11) is 1.67. The molecular weight excluding hydrogens is 268 g/mol. The maximum absolute atomic E-state index is 5.69. The lowest BCUT2D eigenvalue weighted by atomic mass is 10.0. The van der Waals surface area contributed by atoms with E-state index < -0.39 is 0 Å². The average Bonchev–Trinajstić information content (AvgIpc) is 2.83. The number of nitrogens with one attached hydrogen (secondary N) is 1. The molecule has 21 heavy (non-hydrogen) atoms. The minimum absolute atomic E-state index is 0.219. The summed E-state index contributed by atoms with van der Waals surface area (Å²) in [5, 5.41) is 3.49. The average molecular weight is 288 g/mol. The second-order valence-electron chi connectivity index (χ2n) is 5.22. The lowest BCUT2D eigenvalue weighted by Gasteiger charge is -2.26. The van der Waals surface area contributed by atoms with Crippen molar-refractivity contribution in [1.29, 1.82) is 0 Å². The topological polar surface area (TPSA) is 56.5 Å². The van der Waals surface area contributed by atoms with Crippen LogP contribution >= 0.6 is 0 Å². The van der Waals surface area contributed by atoms with Crippen molar-refractivity contribution in [3.8, 4) is 11.5 Å². The zero-order valence-corrected chi connectivity index (χ0v) is 12.6. The van der Waals surface area contributed by atoms with Crippen molar-refractivity contribution in [1.82, 2.24) is 10.3 Å². The monoisotopic (exact) mass is 288 g/mol. The summed E-state index contributed by atoms with van der Waals surface area (Å²) in [6.45, 7) is 5.20. The summed E-state index contributed by atoms with van der Waals surface area (Å²) in [5.74, 6) is 3.36. The number of hydrogen-bond acceptors (Lipinski definition) is 5. The van der Waals surface area contributed by atoms with Gasteiger partial charge in [0.2, 0.25) is 5.89 Å². The first kappa shape index (κ1) is 13.9. The highest BCUT2D eigenvalue weighted by molar-refractivity contribution is 5.43. The Kier molecular flexibility index (Phi) is 3.84. The second-order valence-corrected chi connectivity index (χ2v) is 5.22. The summed E-state index contributed by atoms with van der Waals surface area (Å²) in [5.41, 5.74) is 2.07. The normalized spacial score (nSPS) is 17.2. The lowest BCUT2D eigenvalue weighted by Crippen LogP contribution is -2.26. The van der Waals surface area contributed by atoms with Crippen molar-refractivity contribution in [3.63, 3.8) is 0 Å². The molecular formula is C16H20N2O3. The molecule has 112 valence electrons. The molecule has 1 aliphatic heterocycles. The highest BCUT2D eigenvalue weighted by atomic mass is 16.5. The number of fused-ring (bicyclic) bond motifs is 1. The minimum atomic E-state index is 0.219. The van der Waals surface area contributed by atoms with E-state index in [0.29, 0.717) is 13.2 Å². The van der Waals surface area contributed by atoms with Crippen molar-refractivity contribution in [2.75, 3.05) is 13.7 Å². The summed E-state index contributed by atoms with van der Waals surface area (Å²) in [6, 6.07) is 6.12. The maximum Gasteiger partial charge on any atom is 0.208 e. The van der Waals surface area contributed by atoms with Crippen LogP contribution in [0.25, 0.3) is 0 Å². The molecule has 1 aromatic carbocycles. The quantitative estimate of drug-likeness (QED) is 0.937. The predicted molar refractivity (Wildman–Crippen MR) is 78.7 cm³/mol. The number of aromatic nitrogens is 1. The first-order valence-corrected chi connectivity index (χ1v) is 7.14. The minimum Gasteiger partial charge on any atom is -0.497 e. The van der Waals surface area contributed by atoms with Crippen LogP contribution in [0, 0.1) is 13.8 Å². The first-order valence-electron chi connectivity index (χ1n) is 7.14. The first-order chi connectivity index (χ1) is 10.2. The van der Waals surface area contributed by atoms with Gasteiger partial charge in [-0.3, -0.25) is 0 Å². The van der Waals surface area contributed by atoms with Gasteiger partial charge in [-0.2, -0.15) is 0 Å². The summed E-state index contributed by atoms with van der Waals surface area (Å²) < 4.78 is 16.6. The molecule has 1 aromatic heterocycles. The van der Waals surface area contributed by atoms with E-state index in [2.05, 4.69) is 10.3 Å². The van der Waals surface area contributed by atoms with Gasteiger partial charge in [0.05, 0.1) is 26.0 Å². The summed E-state index contributed by atoms with van der Waals surface area (Å²) >= 11 is 0. The molecule has 1 N–H and O–H groups in total. The molecule has 0 spiro atoms. The van der Waals surface area contributed by atoms with Crippen LogP contribution in [-0.4, -0.2) is 18.7 Å². The van der Waals surface area contributed by atoms with E-state index in [4.69, 9.17) is 13.9 Å². The van der Waals surface area contributed by atoms with E-state index in [0.717, 1.165) is 40.8 Å². The Labute approximate surface area is 124 Å². The molecule has 5 heteroatoms. The van der Waals surface area contributed by atoms with E-state index in [1.807, 2.05) is 32.0 Å². The van der Waals surface area contributed by atoms with Gasteiger partial charge >= 0.3 is 0 Å². The highest BCUT2D eigenvalue weighted by Gasteiger charge is 2.22. The van der Waals surface area contributed by atoms with Crippen LogP contribution in [-0.2, 0) is 6.54 Å². The fraction of sp³-hybridized carbons (Fsp3) is 0.438. The Morgan fingerprint density at radius 2 is 2.24 bits per heavy atom. The maximum atomic E-state index is 5.69. The van der Waals surface area contributed by atoms with Gasteiger partial charge in [0.25, 0.3) is 0 Å². The van der Waals surface area contributed by atoms with E-state index in [1.54, 1.807) is 7.11 Å². The van der Waals surface area contributed by atoms with Crippen LogP contribution in [0.4, 0.5) is 0 Å². The number of hydrogen-bond donors (Lipinski definition) is 1. The third-order valence-corrected chi connectivity index (χ3v) is 3.83. The van der Waals surface area contributed by atoms with Crippen molar-refractivity contribution in [3.05, 3.63) is 41.1 Å². The fourth-order valence-corrected chi connectivity index (χ4v) is 2.54. The Morgan fingerprint density at radius 1 is 1.38 bits per heavy atom. The predicted octanol–water partition coefficient (Wildman–Crippen LogP) is 2.91. The molecule has 0 bridgehead atoms. The van der Waals surface area contributed by atoms with Gasteiger partial charge < -0.3 is 19.2 Å². The Morgan fingerprint density at radius 3 is 2.95 bits per heavy atom. The largest absolute Gasteiger partial charge is 0.497 e. The SMILES string of the molecule is COc1ccc2c(c1)C(NCc1nc(C)c(C)o1)CCO2. The van der Waals surface area contributed by atoms with Gasteiger partial charge in [0.15, 0.2) is 0 Å². The third-order valence-electron chi connectivity index (χ3n) is 3.83. The zero-order valence-electron chi connectivity index (χ0n) is 12.6. The number of rotatable bonds is 4. The number of nitrogens with zero attached hydrogens (tertiary/aromatic N) is 1. The number of ether oxygens (including phenoxy) is 2. The Balaban J connectivity index is 1.75. The van der Waals surface area contributed by atoms with E-state index in [9.17, 15) is 0 Å². The van der Waals surface area contributed by atoms with Crippen LogP contribution < -0.4 is 14.8 Å². The van der Waals surface area contributed by atoms with Crippen molar-refractivity contribution in [2.45, 2.75) is 32.9 Å². The van der Waals surface area contributed by atoms with Gasteiger partial charge in [-0.25, -0.2) is 4.98 Å². The molecule has 0 aliphatic carbocycles. The van der Waals surface area contributed by atoms with Crippen LogP contribution in [0.2, 0.25) is 0 Å². The standard InChI is InChI=1S/C16H20N2O3/c1-10-11(2)21-16(18-10)9-17-14-6-7-20-15-5-4-12(19-3)8-13(14)15/h4-5,8,14,17H,6-7,9H2,1-3H3. The molecule has 0 fully saturated rings. The molecule has 5 nitrogen and oxygen atoms in total. The molecule has 1 unspecified atom stereocenters. The van der Waals surface area contributed by atoms with Crippen LogP contribution in [0.5, 0.6) is 11.5 Å². The van der Waals surface area contributed by atoms with Crippen LogP contribution in [0.15, 0.2) is 22.6 Å². The number of aryl methyl sites for hydroxylation is 2. The van der Waals surface area contributed by atoms with Crippen molar-refractivity contribution in [2.24, 2.45) is 0 Å². The fourth-order valence-electron chi connectivity index (χ4n) is 2.54. The van der Waals surface area contributed by atoms with Crippen LogP contribution in [0.1, 0.15) is 35.4 Å². The number of oxazole rings is 1. The number of methoxy groups -OCH3 is 1. The van der Waals surface area contributed by atoms with Gasteiger partial charge in [0.1, 0.15) is 17.3 Å². The van der Waals surface area contributed by atoms with Gasteiger partial charge in [-0.05, 0) is 32.0 Å². The van der Waals surface area contributed by atoms with Crippen molar-refractivity contribution >= 4 is 0 Å². The third kappa shape index (κ3) is 2.88. The van der Waals surface area contributed by atoms with Gasteiger partial charge in [-0.1, -0.05) is 0 Å². The van der Waals surface area contributed by atoms with Crippen molar-refractivity contribution < 1.29 is 13.9 Å². The van der Waals surface area contributed by atoms with E-state index >= 15 is 0 Å². The van der Waals surface area contributed by atoms with Crippen LogP contribution in [0.3, 0.4) is 0 Å². The molecule has 0 saturated carbocycles. The van der Waals surface area contributed by atoms with Gasteiger partial charge in [-0.15, -0.1) is 0 Å². The summed E-state index contributed by atoms with van der Waals surface area (Å²) in [6.07, 6.45) is 0.916. The van der Waals surface area contributed by atoms with Gasteiger partial charge in [0, 0.05) is 18.0 Å². The Hall–Kier alpha value is -2.01. The smallest absolute Gasteiger partial charge is 0.208 e. The molecule has 0 saturated heterocycles. The molecule has 2 heterocycles. The molecule has 3 rings (SSSR count). The Bertz CT molecular complexity index is 617. The number of benzene rings is 1. The molecule has 0 amide bonds. The second kappa shape index (κ2) is 5.77. The lowest BCUT2D eigenvalue weighted by molar-refractivity contribution is 0.248. The summed E-state index contributed by atoms with van der Waals surface area (Å²) in [4.78, 5) is 4.40. The molecule has 1 atom stereocenters. The highest BCUT2D eigenvalue weighted by Crippen LogP contribution is 2.34. The van der Waals surface area contributed by atoms with E-state index in [-0.39, 0.29) is 6.04 Å².